The summed E-state index contributed by atoms with van der Waals surface area (Å²) < 4.78 is 29.3. The topological polar surface area (TPSA) is 54.4 Å². The Hall–Kier alpha value is 6.65. The van der Waals surface area contributed by atoms with E-state index in [0.29, 0.717) is 0 Å². The maximum absolute atomic E-state index is 10.4. The number of hydrogen-bond acceptors (Lipinski definition) is 2. The Bertz CT molecular complexity index is 368. The Kier molecular flexibility index (Phi) is 86.4. The summed E-state index contributed by atoms with van der Waals surface area (Å²) in [7, 11) is -3.92. The Labute approximate surface area is 334 Å². The first kappa shape index (κ1) is 54.5. The van der Waals surface area contributed by atoms with Crippen molar-refractivity contribution in [1.82, 2.24) is 0 Å². The molecule has 1 N–H and O–H groups in total. The monoisotopic (exact) mass is 472 g/mol. The SMILES string of the molecule is CCCCCCCCCCCCCCC=CS(=O)(=O)O.[H-].[H-].[H-].[H-].[H-].[H-].[H-].[Na+].[Na+].[Na+].[Na+].[Na+].[Na+].[Na+]. The molecule has 0 aromatic rings. The second kappa shape index (κ2) is 42.8. The summed E-state index contributed by atoms with van der Waals surface area (Å²) in [4.78, 5) is 0. The predicted molar refractivity (Wildman–Crippen MR) is 94.2 cm³/mol. The van der Waals surface area contributed by atoms with Crippen LogP contribution in [0.1, 0.15) is 100 Å². The fourth-order valence-electron chi connectivity index (χ4n) is 2.29. The van der Waals surface area contributed by atoms with Gasteiger partial charge in [-0.1, -0.05) is 83.6 Å². The molecule has 0 heterocycles. The molecule has 0 rings (SSSR count). The molecule has 0 aliphatic carbocycles. The Morgan fingerprint density at radius 3 is 1.22 bits per heavy atom. The van der Waals surface area contributed by atoms with Crippen molar-refractivity contribution in [2.45, 2.75) is 90.4 Å². The van der Waals surface area contributed by atoms with Crippen molar-refractivity contribution in [2.75, 3.05) is 0 Å². The van der Waals surface area contributed by atoms with Gasteiger partial charge in [0, 0.05) is 0 Å². The molecule has 0 radical (unpaired) electrons. The fraction of sp³-hybridized carbons (Fsp3) is 0.875. The normalized spacial score (nSPS) is 9.11. The van der Waals surface area contributed by atoms with E-state index < -0.39 is 10.1 Å². The van der Waals surface area contributed by atoms with Crippen LogP contribution in [0.3, 0.4) is 0 Å². The molecular formula is C16H39Na7O3S. The van der Waals surface area contributed by atoms with E-state index in [-0.39, 0.29) is 217 Å². The summed E-state index contributed by atoms with van der Waals surface area (Å²) >= 11 is 0. The molecule has 0 aromatic carbocycles. The Balaban J connectivity index is -0.0000000198. The van der Waals surface area contributed by atoms with Gasteiger partial charge >= 0.3 is 207 Å². The molecule has 0 saturated carbocycles. The predicted octanol–water partition coefficient (Wildman–Crippen LogP) is -14.7. The van der Waals surface area contributed by atoms with Crippen molar-refractivity contribution in [3.8, 4) is 0 Å². The zero-order valence-corrected chi connectivity index (χ0v) is 34.8. The zero-order valence-electron chi connectivity index (χ0n) is 27.0. The van der Waals surface area contributed by atoms with Gasteiger partial charge in [0.15, 0.2) is 0 Å². The van der Waals surface area contributed by atoms with Gasteiger partial charge in [0.05, 0.1) is 5.41 Å². The van der Waals surface area contributed by atoms with Crippen molar-refractivity contribution in [2.24, 2.45) is 0 Å². The van der Waals surface area contributed by atoms with Crippen molar-refractivity contribution in [3.63, 3.8) is 0 Å². The van der Waals surface area contributed by atoms with Crippen LogP contribution in [-0.2, 0) is 10.1 Å². The summed E-state index contributed by atoms with van der Waals surface area (Å²) in [5.41, 5.74) is 0. The Morgan fingerprint density at radius 1 is 0.630 bits per heavy atom. The molecule has 27 heavy (non-hydrogen) atoms. The molecule has 11 heteroatoms. The van der Waals surface area contributed by atoms with Crippen molar-refractivity contribution in [1.29, 1.82) is 0 Å². The van der Waals surface area contributed by atoms with Crippen LogP contribution in [-0.4, -0.2) is 13.0 Å². The summed E-state index contributed by atoms with van der Waals surface area (Å²) in [6.07, 6.45) is 17.9. The van der Waals surface area contributed by atoms with Crippen LogP contribution in [0.4, 0.5) is 0 Å². The molecule has 0 atom stereocenters. The third kappa shape index (κ3) is 54.8. The first-order chi connectivity index (χ1) is 9.56. The van der Waals surface area contributed by atoms with Crippen LogP contribution in [0.15, 0.2) is 11.5 Å². The summed E-state index contributed by atoms with van der Waals surface area (Å²) in [6, 6.07) is 0. The molecule has 0 aliphatic rings. The van der Waals surface area contributed by atoms with Gasteiger partial charge < -0.3 is 9.99 Å². The van der Waals surface area contributed by atoms with E-state index in [2.05, 4.69) is 6.92 Å². The molecule has 0 spiro atoms. The average Bonchev–Trinajstić information content (AvgIpc) is 2.38. The number of rotatable bonds is 14. The number of hydrogen-bond donors (Lipinski definition) is 1. The van der Waals surface area contributed by atoms with Gasteiger partial charge in [-0.05, 0) is 12.8 Å². The van der Waals surface area contributed by atoms with Crippen LogP contribution in [0.5, 0.6) is 0 Å². The first-order valence-electron chi connectivity index (χ1n) is 8.20. The van der Waals surface area contributed by atoms with E-state index in [1.165, 1.54) is 70.3 Å². The fourth-order valence-corrected chi connectivity index (χ4v) is 2.67. The van der Waals surface area contributed by atoms with E-state index >= 15 is 0 Å². The maximum Gasteiger partial charge on any atom is 1.00 e. The molecule has 134 valence electrons. The van der Waals surface area contributed by atoms with E-state index in [4.69, 9.17) is 4.55 Å². The quantitative estimate of drug-likeness (QED) is 0.155. The van der Waals surface area contributed by atoms with Gasteiger partial charge in [-0.25, -0.2) is 0 Å². The first-order valence-corrected chi connectivity index (χ1v) is 9.70. The molecule has 0 unspecified atom stereocenters. The van der Waals surface area contributed by atoms with E-state index in [9.17, 15) is 8.42 Å². The van der Waals surface area contributed by atoms with Crippen LogP contribution < -0.4 is 207 Å². The third-order valence-electron chi connectivity index (χ3n) is 3.49. The van der Waals surface area contributed by atoms with Gasteiger partial charge in [0.1, 0.15) is 0 Å². The largest absolute Gasteiger partial charge is 1.00 e. The van der Waals surface area contributed by atoms with Gasteiger partial charge in [-0.2, -0.15) is 8.42 Å². The van der Waals surface area contributed by atoms with Gasteiger partial charge in [-0.3, -0.25) is 4.55 Å². The van der Waals surface area contributed by atoms with Crippen molar-refractivity contribution < 1.29 is 230 Å². The van der Waals surface area contributed by atoms with Crippen molar-refractivity contribution >= 4 is 10.1 Å². The average molecular weight is 472 g/mol. The standard InChI is InChI=1S/C16H32O3S.7Na.7H/c1-2-3-4-5-6-7-8-9-10-11-12-13-14-15-16-20(17,18)19;;;;;;;;;;;;;;/h15-16H,2-14H2,1H3,(H,17,18,19);;;;;;;;;;;;;;/q;7*+1;7*-1. The maximum atomic E-state index is 10.4. The molecule has 0 fully saturated rings. The Morgan fingerprint density at radius 2 is 0.926 bits per heavy atom. The van der Waals surface area contributed by atoms with Crippen LogP contribution in [0.25, 0.3) is 0 Å². The molecule has 3 nitrogen and oxygen atoms in total. The minimum atomic E-state index is -3.92. The zero-order chi connectivity index (χ0) is 15.1. The van der Waals surface area contributed by atoms with E-state index in [1.54, 1.807) is 0 Å². The summed E-state index contributed by atoms with van der Waals surface area (Å²) in [6.45, 7) is 2.25. The van der Waals surface area contributed by atoms with Crippen LogP contribution >= 0.6 is 0 Å². The minimum absolute atomic E-state index is 0. The molecule has 0 amide bonds. The third-order valence-corrected chi connectivity index (χ3v) is 4.03. The molecular weight excluding hydrogens is 433 g/mol. The number of unbranched alkanes of at least 4 members (excludes halogenated alkanes) is 12. The van der Waals surface area contributed by atoms with E-state index in [1.807, 2.05) is 0 Å². The van der Waals surface area contributed by atoms with Gasteiger partial charge in [0.25, 0.3) is 10.1 Å². The second-order valence-corrected chi connectivity index (χ2v) is 6.87. The molecule has 0 aromatic heterocycles. The minimum Gasteiger partial charge on any atom is -1.00 e. The van der Waals surface area contributed by atoms with Gasteiger partial charge in [-0.15, -0.1) is 0 Å². The molecule has 0 saturated heterocycles. The number of allylic oxidation sites excluding steroid dienone is 1. The smallest absolute Gasteiger partial charge is 1.00 e. The van der Waals surface area contributed by atoms with Crippen molar-refractivity contribution in [3.05, 3.63) is 11.5 Å². The van der Waals surface area contributed by atoms with Gasteiger partial charge in [0.2, 0.25) is 0 Å². The van der Waals surface area contributed by atoms with Crippen LogP contribution in [0.2, 0.25) is 0 Å². The summed E-state index contributed by atoms with van der Waals surface area (Å²) in [5, 5.41) is 0.880. The molecule has 0 bridgehead atoms. The van der Waals surface area contributed by atoms with E-state index in [0.717, 1.165) is 24.7 Å². The summed E-state index contributed by atoms with van der Waals surface area (Å²) in [5.74, 6) is 0. The second-order valence-electron chi connectivity index (χ2n) is 5.56. The van der Waals surface area contributed by atoms with Crippen LogP contribution in [0, 0.1) is 0 Å². The molecule has 0 aliphatic heterocycles.